The minimum Gasteiger partial charge on any atom is -0.466 e. The van der Waals surface area contributed by atoms with Gasteiger partial charge in [-0.1, -0.05) is 280 Å². The fourth-order valence-corrected chi connectivity index (χ4v) is 22.6. The van der Waals surface area contributed by atoms with Gasteiger partial charge in [0.15, 0.2) is 0 Å². The van der Waals surface area contributed by atoms with Gasteiger partial charge >= 0.3 is 0 Å². The van der Waals surface area contributed by atoms with E-state index < -0.39 is 16.2 Å². The second-order valence-corrected chi connectivity index (χ2v) is 35.3. The highest BCUT2D eigenvalue weighted by molar-refractivity contribution is 6.07. The van der Waals surface area contributed by atoms with Gasteiger partial charge in [-0.25, -0.2) is 0 Å². The molecule has 4 aliphatic carbocycles. The molecule has 628 valence electrons. The summed E-state index contributed by atoms with van der Waals surface area (Å²) in [6, 6.07) is 145. The molecule has 3 atom stereocenters. The third kappa shape index (κ3) is 12.8. The van der Waals surface area contributed by atoms with Crippen molar-refractivity contribution >= 4 is 103 Å². The van der Waals surface area contributed by atoms with Gasteiger partial charge in [-0.3, -0.25) is 0 Å². The Hall–Kier alpha value is -17.1. The van der Waals surface area contributed by atoms with Crippen LogP contribution in [-0.2, 0) is 22.7 Å². The number of hydrogen-bond donors (Lipinski definition) is 0. The van der Waals surface area contributed by atoms with Crippen molar-refractivity contribution in [3.8, 4) is 67.9 Å². The van der Waals surface area contributed by atoms with Crippen LogP contribution in [0.25, 0.3) is 136 Å². The van der Waals surface area contributed by atoms with Crippen molar-refractivity contribution in [3.05, 3.63) is 548 Å². The Morgan fingerprint density at radius 2 is 0.549 bits per heavy atom. The maximum atomic E-state index is 6.38. The first kappa shape index (κ1) is 78.2. The molecule has 0 bridgehead atoms. The zero-order chi connectivity index (χ0) is 88.3. The topological polar surface area (TPSA) is 55.4 Å². The standard InChI is InChI=1S/C127H84O6/c1-3-128-106-52-39-88-63-100(46-33-94(88)69-106)125(119-32-16-14-30-114(119)124-112-28-12-11-21-81(112)45-58-120(124)125)101-47-34-96-71-108(54-41-90(96)64-101)130-59-17-19-61-132-110-56-43-92-67-104(50-37-98(92)73-110)127(122-79-86-26-9-6-23-83(86)76-116(122)117-77-84-24-7-10-27-87(84)80-123(117)127)105-51-38-99-74-111(57-44-93(99)68-105)133-62-20-18-60-131-109-55-42-91-66-103(49-36-97(91)72-109)126(102-48-35-95-70-107(129-4-2)53-40-89(95)65-102)118-31-15-13-29-113(118)115-75-82-22-5-8-25-85(82)78-121(115)126/h3-66,68-80,104H,1-2,67H2/b59-17+,60-18+,61-19+,62-20+. The van der Waals surface area contributed by atoms with E-state index in [-0.39, 0.29) is 5.92 Å². The summed E-state index contributed by atoms with van der Waals surface area (Å²) in [6.45, 7) is 7.58. The summed E-state index contributed by atoms with van der Waals surface area (Å²) in [5.74, 6) is 4.50. The molecule has 6 nitrogen and oxygen atoms in total. The molecule has 0 radical (unpaired) electrons. The Kier molecular flexibility index (Phi) is 18.6. The SMILES string of the molecule is C=COc1ccc2cc(C3(c4ccc5cc(O/C=C/C=C/Oc6ccc7cc(C8(C9C=Cc%10cc(O/C=C/C=C/Oc%11ccc%12cc(C%13(c%14ccc%15cc(OC=C)ccc%15c%14)c%14ccccc%14-c%14c%13ccc%13ccccc%14%13)ccc%12c%11)ccc%10C9)c9cc%10ccccc%10cc9-c9cc%10ccccc%10cc98)ccc7c6)ccc5c4)c4ccccc4-c4cc5ccccc5cc43)ccc2c1. The number of rotatable bonds is 20. The van der Waals surface area contributed by atoms with Gasteiger partial charge in [0.1, 0.15) is 34.5 Å². The fraction of sp³-hybridized carbons (Fsp3) is 0.0394. The molecule has 0 saturated carbocycles. The van der Waals surface area contributed by atoms with Gasteiger partial charge in [0, 0.05) is 0 Å². The van der Waals surface area contributed by atoms with Gasteiger partial charge in [-0.05, 0) is 379 Å². The summed E-state index contributed by atoms with van der Waals surface area (Å²) < 4.78 is 36.8. The number of hydrogen-bond acceptors (Lipinski definition) is 6. The second-order valence-electron chi connectivity index (χ2n) is 35.3. The fourth-order valence-electron chi connectivity index (χ4n) is 22.6. The Morgan fingerprint density at radius 1 is 0.233 bits per heavy atom. The summed E-state index contributed by atoms with van der Waals surface area (Å²) in [7, 11) is 0. The maximum Gasteiger partial charge on any atom is 0.127 e. The van der Waals surface area contributed by atoms with Crippen molar-refractivity contribution in [3.63, 3.8) is 0 Å². The van der Waals surface area contributed by atoms with Crippen molar-refractivity contribution in [1.82, 2.24) is 0 Å². The van der Waals surface area contributed by atoms with E-state index in [9.17, 15) is 0 Å². The number of allylic oxidation sites excluding steroid dienone is 5. The number of benzene rings is 21. The van der Waals surface area contributed by atoms with Gasteiger partial charge in [-0.2, -0.15) is 0 Å². The summed E-state index contributed by atoms with van der Waals surface area (Å²) >= 11 is 0. The highest BCUT2D eigenvalue weighted by Crippen LogP contribution is 2.63. The summed E-state index contributed by atoms with van der Waals surface area (Å²) in [4.78, 5) is 0. The van der Waals surface area contributed by atoms with Crippen LogP contribution in [0.4, 0.5) is 0 Å². The maximum absolute atomic E-state index is 6.38. The molecular formula is C127H84O6. The molecule has 0 aromatic heterocycles. The zero-order valence-corrected chi connectivity index (χ0v) is 72.6. The first-order chi connectivity index (χ1) is 65.7. The Balaban J connectivity index is 0.465. The number of fused-ring (bicyclic) bond motifs is 20. The summed E-state index contributed by atoms with van der Waals surface area (Å²) in [5, 5.41) is 20.8. The summed E-state index contributed by atoms with van der Waals surface area (Å²) in [6.07, 6.45) is 22.8. The van der Waals surface area contributed by atoms with Crippen molar-refractivity contribution in [2.45, 2.75) is 22.7 Å². The number of ether oxygens (including phenoxy) is 6. The summed E-state index contributed by atoms with van der Waals surface area (Å²) in [5.41, 5.74) is 21.8. The molecule has 25 rings (SSSR count). The van der Waals surface area contributed by atoms with E-state index in [1.165, 1.54) is 156 Å². The van der Waals surface area contributed by atoms with Crippen LogP contribution >= 0.6 is 0 Å². The first-order valence-corrected chi connectivity index (χ1v) is 45.4. The van der Waals surface area contributed by atoms with Gasteiger partial charge in [0.2, 0.25) is 0 Å². The van der Waals surface area contributed by atoms with E-state index in [4.69, 9.17) is 28.4 Å². The van der Waals surface area contributed by atoms with E-state index in [2.05, 4.69) is 395 Å². The lowest BCUT2D eigenvalue weighted by molar-refractivity contribution is 0.451. The van der Waals surface area contributed by atoms with Gasteiger partial charge in [0.25, 0.3) is 0 Å². The zero-order valence-electron chi connectivity index (χ0n) is 72.6. The minimum atomic E-state index is -0.617. The smallest absolute Gasteiger partial charge is 0.127 e. The first-order valence-electron chi connectivity index (χ1n) is 45.4. The molecule has 21 aromatic carbocycles. The highest BCUT2D eigenvalue weighted by atomic mass is 16.5. The van der Waals surface area contributed by atoms with Crippen molar-refractivity contribution in [1.29, 1.82) is 0 Å². The van der Waals surface area contributed by atoms with Crippen molar-refractivity contribution in [2.24, 2.45) is 5.92 Å². The third-order valence-corrected chi connectivity index (χ3v) is 28.4. The Morgan fingerprint density at radius 3 is 1.00 bits per heavy atom. The average molecular weight is 1710 g/mol. The molecule has 133 heavy (non-hydrogen) atoms. The van der Waals surface area contributed by atoms with E-state index in [0.717, 1.165) is 100 Å². The molecule has 3 unspecified atom stereocenters. The van der Waals surface area contributed by atoms with Crippen LogP contribution < -0.4 is 28.4 Å². The van der Waals surface area contributed by atoms with Crippen molar-refractivity contribution in [2.75, 3.05) is 0 Å². The highest BCUT2D eigenvalue weighted by Gasteiger charge is 2.52. The van der Waals surface area contributed by atoms with Crippen LogP contribution in [0.5, 0.6) is 34.5 Å². The lowest BCUT2D eigenvalue weighted by Gasteiger charge is -2.41. The molecule has 6 heteroatoms. The molecule has 21 aromatic rings. The van der Waals surface area contributed by atoms with Crippen LogP contribution in [0, 0.1) is 5.92 Å². The van der Waals surface area contributed by atoms with Crippen LogP contribution in [0.1, 0.15) is 72.3 Å². The third-order valence-electron chi connectivity index (χ3n) is 28.4. The quantitative estimate of drug-likeness (QED) is 0.0560. The predicted octanol–water partition coefficient (Wildman–Crippen LogP) is 32.0. The second kappa shape index (κ2) is 31.7. The van der Waals surface area contributed by atoms with E-state index in [1.807, 2.05) is 48.6 Å². The van der Waals surface area contributed by atoms with Gasteiger partial charge < -0.3 is 28.4 Å². The molecular weight excluding hydrogens is 1620 g/mol. The molecule has 0 N–H and O–H groups in total. The van der Waals surface area contributed by atoms with Crippen LogP contribution in [0.2, 0.25) is 0 Å². The van der Waals surface area contributed by atoms with Crippen molar-refractivity contribution < 1.29 is 28.4 Å². The molecule has 0 aliphatic heterocycles. The molecule has 0 saturated heterocycles. The largest absolute Gasteiger partial charge is 0.466 e. The normalized spacial score (nSPS) is 16.0. The monoisotopic (exact) mass is 1700 g/mol. The molecule has 0 spiro atoms. The van der Waals surface area contributed by atoms with Crippen LogP contribution in [0.15, 0.2) is 475 Å². The van der Waals surface area contributed by atoms with Crippen LogP contribution in [-0.4, -0.2) is 0 Å². The average Bonchev–Trinajstić information content (AvgIpc) is 1.36. The van der Waals surface area contributed by atoms with Crippen LogP contribution in [0.3, 0.4) is 0 Å². The molecule has 4 aliphatic rings. The lowest BCUT2D eigenvalue weighted by Crippen LogP contribution is -2.37. The van der Waals surface area contributed by atoms with Gasteiger partial charge in [0.05, 0.1) is 53.8 Å². The Bertz CT molecular complexity index is 8570. The van der Waals surface area contributed by atoms with Gasteiger partial charge in [-0.15, -0.1) is 0 Å². The predicted molar refractivity (Wildman–Crippen MR) is 547 cm³/mol. The van der Waals surface area contributed by atoms with E-state index in [0.29, 0.717) is 0 Å². The van der Waals surface area contributed by atoms with E-state index in [1.54, 1.807) is 25.0 Å². The molecule has 0 amide bonds. The Labute approximate surface area is 770 Å². The minimum absolute atomic E-state index is 0.0268. The molecule has 0 fully saturated rings. The lowest BCUT2D eigenvalue weighted by atomic mass is 9.61. The van der Waals surface area contributed by atoms with E-state index >= 15 is 0 Å². The molecule has 0 heterocycles.